The van der Waals surface area contributed by atoms with Gasteiger partial charge in [0.2, 0.25) is 0 Å². The fraction of sp³-hybridized carbons (Fsp3) is 0.545. The van der Waals surface area contributed by atoms with E-state index in [9.17, 15) is 13.2 Å². The standard InChI is InChI=1S/C22H29N3O5S2/c1-13(2)30-22(26)25-16-6-3-14(4-7-16)21-24-10-19(31-21)18-8-5-15(23)9-20(18)32(27,28)17-11-29-12-17/h5,8-10,13-14,16-17H,3-4,6-7,11-12,23H2,1-2H3,(H,25,26)/t14-,16-. The van der Waals surface area contributed by atoms with Crippen LogP contribution in [0.2, 0.25) is 0 Å². The number of rotatable bonds is 6. The monoisotopic (exact) mass is 479 g/mol. The lowest BCUT2D eigenvalue weighted by molar-refractivity contribution is 0.0416. The van der Waals surface area contributed by atoms with E-state index < -0.39 is 15.1 Å². The molecule has 1 aromatic heterocycles. The van der Waals surface area contributed by atoms with Crippen molar-refractivity contribution in [2.75, 3.05) is 18.9 Å². The first kappa shape index (κ1) is 23.0. The molecule has 0 bridgehead atoms. The normalized spacial score (nSPS) is 21.8. The number of hydrogen-bond donors (Lipinski definition) is 2. The summed E-state index contributed by atoms with van der Waals surface area (Å²) in [5, 5.41) is 3.41. The molecule has 32 heavy (non-hydrogen) atoms. The number of aromatic nitrogens is 1. The van der Waals surface area contributed by atoms with Gasteiger partial charge in [-0.05, 0) is 51.7 Å². The smallest absolute Gasteiger partial charge is 0.407 e. The van der Waals surface area contributed by atoms with Gasteiger partial charge in [-0.25, -0.2) is 18.2 Å². The van der Waals surface area contributed by atoms with Gasteiger partial charge in [-0.1, -0.05) is 6.07 Å². The summed E-state index contributed by atoms with van der Waals surface area (Å²) in [7, 11) is -3.52. The summed E-state index contributed by atoms with van der Waals surface area (Å²) < 4.78 is 36.4. The lowest BCUT2D eigenvalue weighted by atomic mass is 9.86. The molecule has 0 atom stereocenters. The van der Waals surface area contributed by atoms with E-state index in [4.69, 9.17) is 15.2 Å². The summed E-state index contributed by atoms with van der Waals surface area (Å²) >= 11 is 1.53. The molecule has 0 unspecified atom stereocenters. The molecule has 1 aromatic carbocycles. The molecule has 3 N–H and O–H groups in total. The van der Waals surface area contributed by atoms with Crippen LogP contribution >= 0.6 is 11.3 Å². The molecule has 2 aliphatic rings. The molecule has 8 nitrogen and oxygen atoms in total. The van der Waals surface area contributed by atoms with Crippen LogP contribution in [0, 0.1) is 0 Å². The molecule has 1 saturated heterocycles. The fourth-order valence-corrected chi connectivity index (χ4v) is 6.94. The minimum Gasteiger partial charge on any atom is -0.447 e. The molecule has 2 fully saturated rings. The van der Waals surface area contributed by atoms with Gasteiger partial charge in [-0.3, -0.25) is 0 Å². The van der Waals surface area contributed by atoms with Gasteiger partial charge in [-0.15, -0.1) is 11.3 Å². The van der Waals surface area contributed by atoms with Crippen molar-refractivity contribution >= 4 is 33.0 Å². The second-order valence-electron chi connectivity index (χ2n) is 8.67. The lowest BCUT2D eigenvalue weighted by Crippen LogP contribution is -2.40. The highest BCUT2D eigenvalue weighted by Gasteiger charge is 2.36. The zero-order valence-electron chi connectivity index (χ0n) is 18.2. The van der Waals surface area contributed by atoms with Gasteiger partial charge in [-0.2, -0.15) is 0 Å². The summed E-state index contributed by atoms with van der Waals surface area (Å²) in [6.45, 7) is 4.08. The molecular formula is C22H29N3O5S2. The Morgan fingerprint density at radius 1 is 1.25 bits per heavy atom. The molecule has 2 heterocycles. The van der Waals surface area contributed by atoms with Crippen LogP contribution in [0.15, 0.2) is 29.3 Å². The van der Waals surface area contributed by atoms with Crippen molar-refractivity contribution < 1.29 is 22.7 Å². The number of amides is 1. The zero-order valence-corrected chi connectivity index (χ0v) is 19.9. The number of nitrogens with zero attached hydrogens (tertiary/aromatic N) is 1. The van der Waals surface area contributed by atoms with Crippen molar-refractivity contribution in [3.63, 3.8) is 0 Å². The van der Waals surface area contributed by atoms with Crippen LogP contribution in [0.1, 0.15) is 50.5 Å². The number of carbonyl (C=O) groups is 1. The molecule has 174 valence electrons. The Bertz CT molecular complexity index is 1070. The summed E-state index contributed by atoms with van der Waals surface area (Å²) in [4.78, 5) is 17.5. The molecule has 1 aliphatic heterocycles. The maximum absolute atomic E-state index is 13.1. The van der Waals surface area contributed by atoms with E-state index in [0.717, 1.165) is 35.6 Å². The average molecular weight is 480 g/mol. The predicted molar refractivity (Wildman–Crippen MR) is 124 cm³/mol. The van der Waals surface area contributed by atoms with Gasteiger partial charge < -0.3 is 20.5 Å². The molecule has 1 amide bonds. The third-order valence-electron chi connectivity index (χ3n) is 5.89. The number of anilines is 1. The van der Waals surface area contributed by atoms with Crippen LogP contribution in [0.25, 0.3) is 10.4 Å². The first-order valence-corrected chi connectivity index (χ1v) is 13.2. The lowest BCUT2D eigenvalue weighted by Gasteiger charge is -2.28. The summed E-state index contributed by atoms with van der Waals surface area (Å²) in [6.07, 6.45) is 4.78. The Kier molecular flexibility index (Phi) is 6.73. The Hall–Kier alpha value is -2.17. The first-order valence-electron chi connectivity index (χ1n) is 10.9. The number of carbonyl (C=O) groups excluding carboxylic acids is 1. The maximum atomic E-state index is 13.1. The van der Waals surface area contributed by atoms with Gasteiger partial charge >= 0.3 is 6.09 Å². The van der Waals surface area contributed by atoms with Gasteiger partial charge in [0.05, 0.1) is 34.1 Å². The minimum absolute atomic E-state index is 0.107. The molecule has 1 aliphatic carbocycles. The van der Waals surface area contributed by atoms with Crippen LogP contribution in [0.5, 0.6) is 0 Å². The van der Waals surface area contributed by atoms with Crippen LogP contribution < -0.4 is 11.1 Å². The number of hydrogen-bond acceptors (Lipinski definition) is 8. The largest absolute Gasteiger partial charge is 0.447 e. The van der Waals surface area contributed by atoms with Crippen molar-refractivity contribution in [3.05, 3.63) is 29.4 Å². The zero-order chi connectivity index (χ0) is 22.9. The van der Waals surface area contributed by atoms with Gasteiger partial charge in [0.15, 0.2) is 9.84 Å². The van der Waals surface area contributed by atoms with Crippen LogP contribution in [0.3, 0.4) is 0 Å². The third kappa shape index (κ3) is 4.92. The number of nitrogens with two attached hydrogens (primary N) is 1. The molecule has 4 rings (SSSR count). The second kappa shape index (κ2) is 9.36. The van der Waals surface area contributed by atoms with E-state index >= 15 is 0 Å². The number of thiazole rings is 1. The van der Waals surface area contributed by atoms with E-state index in [1.807, 2.05) is 13.8 Å². The number of alkyl carbamates (subject to hydrolysis) is 1. The highest BCUT2D eigenvalue weighted by Crippen LogP contribution is 2.40. The predicted octanol–water partition coefficient (Wildman–Crippen LogP) is 3.73. The Morgan fingerprint density at radius 3 is 2.59 bits per heavy atom. The first-order chi connectivity index (χ1) is 15.2. The molecule has 2 aromatic rings. The summed E-state index contributed by atoms with van der Waals surface area (Å²) in [5.74, 6) is 0.293. The maximum Gasteiger partial charge on any atom is 0.407 e. The van der Waals surface area contributed by atoms with Crippen molar-refractivity contribution in [1.82, 2.24) is 10.3 Å². The van der Waals surface area contributed by atoms with E-state index in [1.54, 1.807) is 18.3 Å². The second-order valence-corrected chi connectivity index (χ2v) is 11.9. The molecule has 0 spiro atoms. The molecular weight excluding hydrogens is 450 g/mol. The summed E-state index contributed by atoms with van der Waals surface area (Å²) in [6, 6.07) is 5.13. The van der Waals surface area contributed by atoms with E-state index in [-0.39, 0.29) is 36.3 Å². The van der Waals surface area contributed by atoms with Gasteiger partial charge in [0.1, 0.15) is 5.25 Å². The average Bonchev–Trinajstić information content (AvgIpc) is 3.16. The Balaban J connectivity index is 1.47. The number of ether oxygens (including phenoxy) is 2. The van der Waals surface area contributed by atoms with Gasteiger partial charge in [0, 0.05) is 29.4 Å². The Labute approximate surface area is 192 Å². The topological polar surface area (TPSA) is 121 Å². The van der Waals surface area contributed by atoms with Crippen molar-refractivity contribution in [2.24, 2.45) is 0 Å². The SMILES string of the molecule is CC(C)OC(=O)N[C@H]1CC[C@H](c2ncc(-c3ccc(N)cc3S(=O)(=O)C3COC3)s2)CC1. The van der Waals surface area contributed by atoms with Crippen LogP contribution in [0.4, 0.5) is 10.5 Å². The van der Waals surface area contributed by atoms with E-state index in [2.05, 4.69) is 10.3 Å². The minimum atomic E-state index is -3.52. The van der Waals surface area contributed by atoms with Crippen molar-refractivity contribution in [3.8, 4) is 10.4 Å². The van der Waals surface area contributed by atoms with E-state index in [1.165, 1.54) is 17.4 Å². The fourth-order valence-electron chi connectivity index (χ4n) is 4.05. The van der Waals surface area contributed by atoms with Crippen LogP contribution in [-0.2, 0) is 19.3 Å². The van der Waals surface area contributed by atoms with Gasteiger partial charge in [0.25, 0.3) is 0 Å². The quantitative estimate of drug-likeness (QED) is 0.606. The highest BCUT2D eigenvalue weighted by molar-refractivity contribution is 7.92. The number of nitrogens with one attached hydrogen (secondary N) is 1. The van der Waals surface area contributed by atoms with E-state index in [0.29, 0.717) is 17.2 Å². The third-order valence-corrected chi connectivity index (χ3v) is 9.18. The number of nitrogen functional groups attached to an aromatic ring is 1. The molecule has 0 radical (unpaired) electrons. The molecule has 10 heteroatoms. The highest BCUT2D eigenvalue weighted by atomic mass is 32.2. The number of benzene rings is 1. The van der Waals surface area contributed by atoms with Crippen LogP contribution in [-0.4, -0.2) is 50.1 Å². The summed E-state index contributed by atoms with van der Waals surface area (Å²) in [5.41, 5.74) is 6.97. The molecule has 1 saturated carbocycles. The van der Waals surface area contributed by atoms with Crippen molar-refractivity contribution in [2.45, 2.75) is 67.7 Å². The van der Waals surface area contributed by atoms with Crippen molar-refractivity contribution in [1.29, 1.82) is 0 Å². The Morgan fingerprint density at radius 2 is 1.97 bits per heavy atom. The number of sulfone groups is 1.